The summed E-state index contributed by atoms with van der Waals surface area (Å²) in [4.78, 5) is 8.47. The number of aromatic nitrogens is 4. The molecule has 7 heteroatoms. The second-order valence-corrected chi connectivity index (χ2v) is 6.09. The van der Waals surface area contributed by atoms with E-state index in [1.54, 1.807) is 17.8 Å². The first-order valence-corrected chi connectivity index (χ1v) is 8.00. The third-order valence-electron chi connectivity index (χ3n) is 3.83. The molecule has 25 heavy (non-hydrogen) atoms. The van der Waals surface area contributed by atoms with E-state index in [0.717, 1.165) is 27.8 Å². The minimum absolute atomic E-state index is 0.106. The number of rotatable bonds is 3. The summed E-state index contributed by atoms with van der Waals surface area (Å²) in [7, 11) is 1.80. The number of nitriles is 1. The van der Waals surface area contributed by atoms with Gasteiger partial charge in [0.15, 0.2) is 5.65 Å². The van der Waals surface area contributed by atoms with Crippen molar-refractivity contribution in [3.05, 3.63) is 45.9 Å². The molecule has 0 unspecified atom stereocenters. The smallest absolute Gasteiger partial charge is 0.235 e. The van der Waals surface area contributed by atoms with Crippen molar-refractivity contribution in [2.75, 3.05) is 0 Å². The van der Waals surface area contributed by atoms with E-state index in [1.807, 2.05) is 39.0 Å². The Morgan fingerprint density at radius 1 is 1.20 bits per heavy atom. The molecule has 2 aromatic heterocycles. The molecule has 3 aromatic rings. The minimum atomic E-state index is 0.106. The van der Waals surface area contributed by atoms with E-state index in [-0.39, 0.29) is 5.28 Å². The largest absolute Gasteiger partial charge is 0.438 e. The van der Waals surface area contributed by atoms with Crippen molar-refractivity contribution < 1.29 is 4.74 Å². The molecule has 0 amide bonds. The van der Waals surface area contributed by atoms with Gasteiger partial charge in [0.05, 0.1) is 11.8 Å². The Kier molecular flexibility index (Phi) is 4.43. The predicted molar refractivity (Wildman–Crippen MR) is 96.7 cm³/mol. The monoisotopic (exact) mass is 353 g/mol. The van der Waals surface area contributed by atoms with E-state index in [0.29, 0.717) is 17.3 Å². The Labute approximate surface area is 150 Å². The summed E-state index contributed by atoms with van der Waals surface area (Å²) in [5, 5.41) is 13.9. The fourth-order valence-electron chi connectivity index (χ4n) is 2.82. The first kappa shape index (κ1) is 16.9. The Hall–Kier alpha value is -2.91. The van der Waals surface area contributed by atoms with Gasteiger partial charge in [0, 0.05) is 13.1 Å². The van der Waals surface area contributed by atoms with E-state index >= 15 is 0 Å². The van der Waals surface area contributed by atoms with Crippen molar-refractivity contribution in [2.45, 2.75) is 20.8 Å². The number of ether oxygens (including phenoxy) is 1. The molecule has 0 fully saturated rings. The second kappa shape index (κ2) is 6.54. The van der Waals surface area contributed by atoms with Gasteiger partial charge in [-0.05, 0) is 67.3 Å². The number of halogens is 1. The summed E-state index contributed by atoms with van der Waals surface area (Å²) in [6.07, 6.45) is 3.20. The lowest BCUT2D eigenvalue weighted by Gasteiger charge is -2.13. The van der Waals surface area contributed by atoms with E-state index in [9.17, 15) is 0 Å². The molecule has 0 spiro atoms. The van der Waals surface area contributed by atoms with Crippen LogP contribution in [-0.4, -0.2) is 19.7 Å². The van der Waals surface area contributed by atoms with Gasteiger partial charge in [-0.15, -0.1) is 0 Å². The van der Waals surface area contributed by atoms with Crippen LogP contribution in [0.1, 0.15) is 22.4 Å². The Bertz CT molecular complexity index is 1020. The highest BCUT2D eigenvalue weighted by atomic mass is 35.5. The second-order valence-electron chi connectivity index (χ2n) is 5.75. The molecule has 0 aliphatic heterocycles. The third-order valence-corrected chi connectivity index (χ3v) is 4.00. The molecule has 3 rings (SSSR count). The zero-order valence-corrected chi connectivity index (χ0v) is 15.1. The van der Waals surface area contributed by atoms with Gasteiger partial charge in [-0.3, -0.25) is 0 Å². The van der Waals surface area contributed by atoms with Crippen LogP contribution < -0.4 is 4.74 Å². The number of allylic oxidation sites excluding steroid dienone is 1. The number of fused-ring (bicyclic) bond motifs is 1. The van der Waals surface area contributed by atoms with Gasteiger partial charge in [0.2, 0.25) is 11.2 Å². The lowest BCUT2D eigenvalue weighted by Crippen LogP contribution is -1.98. The van der Waals surface area contributed by atoms with Gasteiger partial charge in [0.25, 0.3) is 0 Å². The molecule has 126 valence electrons. The van der Waals surface area contributed by atoms with Crippen LogP contribution in [0.25, 0.3) is 17.1 Å². The highest BCUT2D eigenvalue weighted by Gasteiger charge is 2.18. The molecule has 0 radical (unpaired) electrons. The first-order valence-electron chi connectivity index (χ1n) is 7.63. The topological polar surface area (TPSA) is 76.6 Å². The standard InChI is InChI=1S/C18H16ClN5O/c1-10-8-13(6-5-7-20)9-11(2)15(10)25-17-14-12(3)23-24(4)16(14)21-18(19)22-17/h5-6,8-9H,1-4H3/b6-5+. The van der Waals surface area contributed by atoms with Crippen molar-refractivity contribution in [3.8, 4) is 17.7 Å². The maximum absolute atomic E-state index is 8.67. The van der Waals surface area contributed by atoms with Crippen LogP contribution >= 0.6 is 11.6 Å². The van der Waals surface area contributed by atoms with Crippen LogP contribution in [0.4, 0.5) is 0 Å². The molecular formula is C18H16ClN5O. The summed E-state index contributed by atoms with van der Waals surface area (Å²) in [6, 6.07) is 5.89. The Balaban J connectivity index is 2.11. The van der Waals surface area contributed by atoms with Gasteiger partial charge in [-0.1, -0.05) is 0 Å². The van der Waals surface area contributed by atoms with Crippen molar-refractivity contribution >= 4 is 28.7 Å². The SMILES string of the molecule is Cc1cc(/C=C/C#N)cc(C)c1Oc1nc(Cl)nc2c1c(C)nn2C. The van der Waals surface area contributed by atoms with Gasteiger partial charge in [-0.2, -0.15) is 20.3 Å². The molecule has 0 saturated heterocycles. The van der Waals surface area contributed by atoms with E-state index in [1.165, 1.54) is 6.08 Å². The lowest BCUT2D eigenvalue weighted by molar-refractivity contribution is 0.461. The Morgan fingerprint density at radius 2 is 1.88 bits per heavy atom. The van der Waals surface area contributed by atoms with Crippen molar-refractivity contribution in [1.29, 1.82) is 5.26 Å². The van der Waals surface area contributed by atoms with Crippen LogP contribution in [0.5, 0.6) is 11.6 Å². The van der Waals surface area contributed by atoms with Crippen LogP contribution in [0, 0.1) is 32.1 Å². The summed E-state index contributed by atoms with van der Waals surface area (Å²) >= 11 is 6.05. The molecule has 1 aromatic carbocycles. The number of hydrogen-bond donors (Lipinski definition) is 0. The van der Waals surface area contributed by atoms with Crippen LogP contribution in [0.15, 0.2) is 18.2 Å². The maximum atomic E-state index is 8.67. The molecule has 2 heterocycles. The van der Waals surface area contributed by atoms with Crippen LogP contribution in [-0.2, 0) is 7.05 Å². The molecule has 0 N–H and O–H groups in total. The maximum Gasteiger partial charge on any atom is 0.235 e. The van der Waals surface area contributed by atoms with Crippen molar-refractivity contribution in [1.82, 2.24) is 19.7 Å². The third kappa shape index (κ3) is 3.19. The molecule has 0 aliphatic rings. The molecule has 0 saturated carbocycles. The summed E-state index contributed by atoms with van der Waals surface area (Å²) in [5.41, 5.74) is 4.20. The zero-order valence-electron chi connectivity index (χ0n) is 14.3. The fourth-order valence-corrected chi connectivity index (χ4v) is 2.98. The normalized spacial score (nSPS) is 11.2. The average molecular weight is 354 g/mol. The Morgan fingerprint density at radius 3 is 2.52 bits per heavy atom. The van der Waals surface area contributed by atoms with Crippen molar-refractivity contribution in [3.63, 3.8) is 0 Å². The summed E-state index contributed by atoms with van der Waals surface area (Å²) < 4.78 is 7.76. The van der Waals surface area contributed by atoms with Crippen molar-refractivity contribution in [2.24, 2.45) is 7.05 Å². The van der Waals surface area contributed by atoms with Gasteiger partial charge in [0.1, 0.15) is 11.1 Å². The molecule has 0 atom stereocenters. The van der Waals surface area contributed by atoms with Crippen LogP contribution in [0.2, 0.25) is 5.28 Å². The fraction of sp³-hybridized carbons (Fsp3) is 0.222. The van der Waals surface area contributed by atoms with E-state index in [2.05, 4.69) is 15.1 Å². The number of aryl methyl sites for hydroxylation is 4. The summed E-state index contributed by atoms with van der Waals surface area (Å²) in [5.74, 6) is 1.08. The number of benzene rings is 1. The zero-order chi connectivity index (χ0) is 18.1. The van der Waals surface area contributed by atoms with Gasteiger partial charge < -0.3 is 4.74 Å². The van der Waals surface area contributed by atoms with Crippen LogP contribution in [0.3, 0.4) is 0 Å². The lowest BCUT2D eigenvalue weighted by atomic mass is 10.1. The average Bonchev–Trinajstić information content (AvgIpc) is 2.83. The molecular weight excluding hydrogens is 338 g/mol. The first-order chi connectivity index (χ1) is 11.9. The van der Waals surface area contributed by atoms with E-state index < -0.39 is 0 Å². The predicted octanol–water partition coefficient (Wildman–Crippen LogP) is 4.27. The highest BCUT2D eigenvalue weighted by Crippen LogP contribution is 2.34. The molecule has 0 bridgehead atoms. The molecule has 6 nitrogen and oxygen atoms in total. The minimum Gasteiger partial charge on any atom is -0.438 e. The van der Waals surface area contributed by atoms with Gasteiger partial charge >= 0.3 is 0 Å². The van der Waals surface area contributed by atoms with E-state index in [4.69, 9.17) is 21.6 Å². The molecule has 0 aliphatic carbocycles. The van der Waals surface area contributed by atoms with Gasteiger partial charge in [-0.25, -0.2) is 4.68 Å². The number of hydrogen-bond acceptors (Lipinski definition) is 5. The number of nitrogens with zero attached hydrogens (tertiary/aromatic N) is 5. The summed E-state index contributed by atoms with van der Waals surface area (Å²) in [6.45, 7) is 5.77. The quantitative estimate of drug-likeness (QED) is 0.519. The highest BCUT2D eigenvalue weighted by molar-refractivity contribution is 6.28.